The van der Waals surface area contributed by atoms with Gasteiger partial charge in [0.05, 0.1) is 11.1 Å². The van der Waals surface area contributed by atoms with Gasteiger partial charge in [-0.25, -0.2) is 4.98 Å². The van der Waals surface area contributed by atoms with E-state index in [-0.39, 0.29) is 11.3 Å². The van der Waals surface area contributed by atoms with Crippen LogP contribution in [0.15, 0.2) is 76.2 Å². The lowest BCUT2D eigenvalue weighted by Gasteiger charge is -2.12. The second-order valence-electron chi connectivity index (χ2n) is 8.67. The van der Waals surface area contributed by atoms with Crippen LogP contribution in [0, 0.1) is 6.92 Å². The molecule has 0 aliphatic rings. The van der Waals surface area contributed by atoms with Crippen molar-refractivity contribution in [2.75, 3.05) is 5.32 Å². The monoisotopic (exact) mass is 495 g/mol. The van der Waals surface area contributed by atoms with Crippen molar-refractivity contribution in [3.8, 4) is 22.4 Å². The third-order valence-electron chi connectivity index (χ3n) is 6.34. The Hall–Kier alpha value is -4.92. The summed E-state index contributed by atoms with van der Waals surface area (Å²) in [4.78, 5) is 41.6. The van der Waals surface area contributed by atoms with Crippen molar-refractivity contribution in [2.45, 2.75) is 20.4 Å². The van der Waals surface area contributed by atoms with E-state index in [0.29, 0.717) is 34.6 Å². The number of nitrogens with one attached hydrogen (secondary N) is 1. The smallest absolute Gasteiger partial charge is 0.290 e. The highest BCUT2D eigenvalue weighted by atomic mass is 16.5. The van der Waals surface area contributed by atoms with E-state index in [9.17, 15) is 14.4 Å². The van der Waals surface area contributed by atoms with Gasteiger partial charge in [-0.3, -0.25) is 14.4 Å². The van der Waals surface area contributed by atoms with Crippen LogP contribution in [0.2, 0.25) is 0 Å². The number of amides is 2. The maximum absolute atomic E-state index is 13.2. The standard InChI is InChI=1S/C28H25N5O4/c1-4-33-22(17-8-10-18(11-9-17)23-16(2)37-32(3)28(23)36)15-19-12-13-30-24(25(19)33)27(35)31-21-7-5-6-20(14-21)26(29)34/h5-15H,4H2,1-3H3,(H2,29,34)(H,31,35). The van der Waals surface area contributed by atoms with Gasteiger partial charge >= 0.3 is 0 Å². The molecule has 5 aromatic rings. The molecular formula is C28H25N5O4. The van der Waals surface area contributed by atoms with Crippen LogP contribution in [-0.4, -0.2) is 26.1 Å². The minimum absolute atomic E-state index is 0.184. The molecule has 37 heavy (non-hydrogen) atoms. The number of benzene rings is 2. The average molecular weight is 496 g/mol. The number of carbonyl (C=O) groups is 2. The molecule has 9 heteroatoms. The van der Waals surface area contributed by atoms with Crippen molar-refractivity contribution in [2.24, 2.45) is 12.8 Å². The van der Waals surface area contributed by atoms with Crippen LogP contribution in [-0.2, 0) is 13.6 Å². The van der Waals surface area contributed by atoms with Gasteiger partial charge in [0.2, 0.25) is 5.91 Å². The molecule has 186 valence electrons. The number of carbonyl (C=O) groups excluding carboxylic acids is 2. The minimum atomic E-state index is -0.574. The summed E-state index contributed by atoms with van der Waals surface area (Å²) in [6.45, 7) is 4.37. The molecular weight excluding hydrogens is 470 g/mol. The van der Waals surface area contributed by atoms with Gasteiger partial charge in [-0.1, -0.05) is 30.3 Å². The van der Waals surface area contributed by atoms with Crippen LogP contribution in [0.25, 0.3) is 33.3 Å². The first-order valence-electron chi connectivity index (χ1n) is 11.8. The lowest BCUT2D eigenvalue weighted by atomic mass is 10.0. The molecule has 0 radical (unpaired) electrons. The number of hydrogen-bond acceptors (Lipinski definition) is 5. The fourth-order valence-electron chi connectivity index (χ4n) is 4.62. The number of aryl methyl sites for hydroxylation is 3. The number of hydrogen-bond donors (Lipinski definition) is 2. The van der Waals surface area contributed by atoms with E-state index in [1.54, 1.807) is 38.4 Å². The van der Waals surface area contributed by atoms with Crippen LogP contribution >= 0.6 is 0 Å². The summed E-state index contributed by atoms with van der Waals surface area (Å²) in [6, 6.07) is 18.0. The number of nitrogens with zero attached hydrogens (tertiary/aromatic N) is 3. The zero-order valence-corrected chi connectivity index (χ0v) is 20.6. The quantitative estimate of drug-likeness (QED) is 0.362. The van der Waals surface area contributed by atoms with E-state index in [1.165, 1.54) is 10.8 Å². The van der Waals surface area contributed by atoms with Gasteiger partial charge in [0.25, 0.3) is 11.5 Å². The number of fused-ring (bicyclic) bond motifs is 1. The van der Waals surface area contributed by atoms with Gasteiger partial charge in [-0.2, -0.15) is 4.74 Å². The summed E-state index contributed by atoms with van der Waals surface area (Å²) in [5.41, 5.74) is 10.1. The highest BCUT2D eigenvalue weighted by molar-refractivity contribution is 6.11. The molecule has 2 aromatic carbocycles. The van der Waals surface area contributed by atoms with E-state index in [4.69, 9.17) is 10.3 Å². The summed E-state index contributed by atoms with van der Waals surface area (Å²) < 4.78 is 8.68. The maximum Gasteiger partial charge on any atom is 0.290 e. The van der Waals surface area contributed by atoms with Crippen molar-refractivity contribution in [3.05, 3.63) is 94.2 Å². The molecule has 0 atom stereocenters. The Bertz CT molecular complexity index is 1720. The van der Waals surface area contributed by atoms with E-state index in [1.807, 2.05) is 47.9 Å². The van der Waals surface area contributed by atoms with E-state index in [2.05, 4.69) is 10.3 Å². The maximum atomic E-state index is 13.2. The van der Waals surface area contributed by atoms with Crippen molar-refractivity contribution >= 4 is 28.4 Å². The van der Waals surface area contributed by atoms with E-state index >= 15 is 0 Å². The van der Waals surface area contributed by atoms with Gasteiger partial charge in [0, 0.05) is 42.1 Å². The summed E-state index contributed by atoms with van der Waals surface area (Å²) in [5, 5.41) is 3.69. The molecule has 0 saturated heterocycles. The summed E-state index contributed by atoms with van der Waals surface area (Å²) in [5.74, 6) is -0.408. The first kappa shape index (κ1) is 23.8. The summed E-state index contributed by atoms with van der Waals surface area (Å²) in [6.07, 6.45) is 1.60. The second kappa shape index (κ2) is 9.27. The highest BCUT2D eigenvalue weighted by Crippen LogP contribution is 2.31. The zero-order chi connectivity index (χ0) is 26.3. The summed E-state index contributed by atoms with van der Waals surface area (Å²) >= 11 is 0. The number of pyridine rings is 1. The largest absolute Gasteiger partial charge is 0.381 e. The molecule has 0 bridgehead atoms. The topological polar surface area (TPSA) is 125 Å². The van der Waals surface area contributed by atoms with Gasteiger partial charge in [0.15, 0.2) is 5.69 Å². The average Bonchev–Trinajstić information content (AvgIpc) is 3.39. The number of rotatable bonds is 6. The first-order chi connectivity index (χ1) is 17.8. The molecule has 5 rings (SSSR count). The van der Waals surface area contributed by atoms with E-state index < -0.39 is 11.8 Å². The van der Waals surface area contributed by atoms with Crippen LogP contribution in [0.1, 0.15) is 33.5 Å². The Kier molecular flexibility index (Phi) is 5.96. The first-order valence-corrected chi connectivity index (χ1v) is 11.8. The number of nitrogens with two attached hydrogens (primary N) is 1. The Morgan fingerprint density at radius 1 is 1.05 bits per heavy atom. The van der Waals surface area contributed by atoms with Crippen LogP contribution < -0.4 is 16.6 Å². The molecule has 0 saturated carbocycles. The molecule has 2 amide bonds. The molecule has 9 nitrogen and oxygen atoms in total. The van der Waals surface area contributed by atoms with E-state index in [0.717, 1.165) is 22.2 Å². The molecule has 0 spiro atoms. The van der Waals surface area contributed by atoms with Crippen molar-refractivity contribution in [1.82, 2.24) is 14.3 Å². The van der Waals surface area contributed by atoms with Gasteiger partial charge in [-0.15, -0.1) is 0 Å². The molecule has 0 aliphatic carbocycles. The molecule has 3 heterocycles. The van der Waals surface area contributed by atoms with Gasteiger partial charge in [0.1, 0.15) is 5.76 Å². The zero-order valence-electron chi connectivity index (χ0n) is 20.6. The lowest BCUT2D eigenvalue weighted by molar-refractivity contribution is 0.0995. The van der Waals surface area contributed by atoms with Crippen molar-refractivity contribution in [1.29, 1.82) is 0 Å². The molecule has 3 N–H and O–H groups in total. The second-order valence-corrected chi connectivity index (χ2v) is 8.67. The SMILES string of the molecule is CCn1c(-c2ccc(-c3c(C)on(C)c3=O)cc2)cc2ccnc(C(=O)Nc3cccc(C(N)=O)c3)c21. The number of primary amides is 1. The van der Waals surface area contributed by atoms with Crippen LogP contribution in [0.3, 0.4) is 0 Å². The molecule has 3 aromatic heterocycles. The predicted octanol–water partition coefficient (Wildman–Crippen LogP) is 4.34. The fraction of sp³-hybridized carbons (Fsp3) is 0.143. The van der Waals surface area contributed by atoms with Crippen LogP contribution in [0.4, 0.5) is 5.69 Å². The Morgan fingerprint density at radius 2 is 1.78 bits per heavy atom. The Morgan fingerprint density at radius 3 is 2.43 bits per heavy atom. The molecule has 0 fully saturated rings. The van der Waals surface area contributed by atoms with Crippen molar-refractivity contribution < 1.29 is 14.1 Å². The van der Waals surface area contributed by atoms with Crippen molar-refractivity contribution in [3.63, 3.8) is 0 Å². The number of anilines is 1. The normalized spacial score (nSPS) is 11.1. The predicted molar refractivity (Wildman–Crippen MR) is 141 cm³/mol. The fourth-order valence-corrected chi connectivity index (χ4v) is 4.62. The molecule has 0 aliphatic heterocycles. The van der Waals surface area contributed by atoms with Crippen LogP contribution in [0.5, 0.6) is 0 Å². The summed E-state index contributed by atoms with van der Waals surface area (Å²) in [7, 11) is 1.59. The third-order valence-corrected chi connectivity index (χ3v) is 6.34. The highest BCUT2D eigenvalue weighted by Gasteiger charge is 2.20. The lowest BCUT2D eigenvalue weighted by Crippen LogP contribution is -2.17. The Balaban J connectivity index is 1.54. The molecule has 0 unspecified atom stereocenters. The van der Waals surface area contributed by atoms with Gasteiger partial charge in [-0.05, 0) is 55.3 Å². The number of aromatic nitrogens is 3. The Labute approximate surface area is 212 Å². The van der Waals surface area contributed by atoms with Gasteiger partial charge < -0.3 is 20.1 Å². The third kappa shape index (κ3) is 4.20. The minimum Gasteiger partial charge on any atom is -0.381 e.